The van der Waals surface area contributed by atoms with Crippen LogP contribution in [0.3, 0.4) is 0 Å². The van der Waals surface area contributed by atoms with E-state index in [9.17, 15) is 13.5 Å². The molecule has 0 spiro atoms. The van der Waals surface area contributed by atoms with Gasteiger partial charge in [0.1, 0.15) is 0 Å². The Kier molecular flexibility index (Phi) is 4.10. The third-order valence-corrected chi connectivity index (χ3v) is 5.87. The van der Waals surface area contributed by atoms with E-state index in [4.69, 9.17) is 0 Å². The van der Waals surface area contributed by atoms with Crippen LogP contribution < -0.4 is 5.32 Å². The van der Waals surface area contributed by atoms with Gasteiger partial charge in [0.05, 0.1) is 17.6 Å². The summed E-state index contributed by atoms with van der Waals surface area (Å²) in [6, 6.07) is 0.0418. The fourth-order valence-electron chi connectivity index (χ4n) is 3.10. The zero-order chi connectivity index (χ0) is 12.5. The van der Waals surface area contributed by atoms with Crippen LogP contribution in [0.2, 0.25) is 0 Å². The lowest BCUT2D eigenvalue weighted by Gasteiger charge is -2.31. The van der Waals surface area contributed by atoms with Crippen molar-refractivity contribution in [3.05, 3.63) is 0 Å². The Morgan fingerprint density at radius 2 is 1.82 bits per heavy atom. The van der Waals surface area contributed by atoms with Crippen molar-refractivity contribution in [1.82, 2.24) is 5.32 Å². The summed E-state index contributed by atoms with van der Waals surface area (Å²) in [6.07, 6.45) is 5.60. The number of sulfone groups is 1. The second kappa shape index (κ2) is 5.24. The molecule has 0 radical (unpaired) electrons. The van der Waals surface area contributed by atoms with E-state index in [1.807, 2.05) is 0 Å². The summed E-state index contributed by atoms with van der Waals surface area (Å²) < 4.78 is 22.8. The van der Waals surface area contributed by atoms with E-state index >= 15 is 0 Å². The molecule has 2 aliphatic rings. The van der Waals surface area contributed by atoms with Crippen LogP contribution in [-0.4, -0.2) is 43.2 Å². The summed E-state index contributed by atoms with van der Waals surface area (Å²) in [4.78, 5) is 0. The normalized spacial score (nSPS) is 35.9. The fourth-order valence-corrected chi connectivity index (χ4v) is 4.85. The van der Waals surface area contributed by atoms with Gasteiger partial charge in [0.2, 0.25) is 0 Å². The van der Waals surface area contributed by atoms with Crippen molar-refractivity contribution >= 4 is 9.84 Å². The minimum Gasteiger partial charge on any atom is -0.390 e. The Labute approximate surface area is 104 Å². The summed E-state index contributed by atoms with van der Waals surface area (Å²) in [5.74, 6) is 0.645. The molecule has 1 aliphatic carbocycles. The molecule has 0 aromatic heterocycles. The molecule has 0 amide bonds. The Bertz CT molecular complexity index is 349. The molecule has 3 atom stereocenters. The van der Waals surface area contributed by atoms with E-state index in [-0.39, 0.29) is 17.5 Å². The van der Waals surface area contributed by atoms with Gasteiger partial charge in [-0.3, -0.25) is 0 Å². The highest BCUT2D eigenvalue weighted by Gasteiger charge is 2.37. The lowest BCUT2D eigenvalue weighted by molar-refractivity contribution is 0.148. The standard InChI is InChI=1S/C12H23NO3S/c1-9(10-5-3-2-4-6-10)13-11-7-17(15,16)8-12(11)14/h9-14H,2-8H2,1H3/t9-,11?,12?/m0/s1. The first-order valence-corrected chi connectivity index (χ1v) is 8.44. The molecule has 1 saturated heterocycles. The lowest BCUT2D eigenvalue weighted by Crippen LogP contribution is -2.47. The molecule has 1 saturated carbocycles. The summed E-state index contributed by atoms with van der Waals surface area (Å²) in [5.41, 5.74) is 0. The maximum absolute atomic E-state index is 11.4. The number of nitrogens with one attached hydrogen (secondary N) is 1. The number of rotatable bonds is 3. The Morgan fingerprint density at radius 1 is 1.18 bits per heavy atom. The van der Waals surface area contributed by atoms with Gasteiger partial charge in [-0.25, -0.2) is 8.42 Å². The summed E-state index contributed by atoms with van der Waals surface area (Å²) in [6.45, 7) is 2.12. The first-order valence-electron chi connectivity index (χ1n) is 6.62. The molecule has 0 aromatic carbocycles. The zero-order valence-electron chi connectivity index (χ0n) is 10.4. The minimum atomic E-state index is -3.03. The molecule has 0 bridgehead atoms. The van der Waals surface area contributed by atoms with Crippen molar-refractivity contribution in [3.8, 4) is 0 Å². The van der Waals surface area contributed by atoms with Gasteiger partial charge in [0.25, 0.3) is 0 Å². The van der Waals surface area contributed by atoms with E-state index < -0.39 is 15.9 Å². The van der Waals surface area contributed by atoms with Gasteiger partial charge >= 0.3 is 0 Å². The molecule has 5 heteroatoms. The van der Waals surface area contributed by atoms with E-state index in [1.165, 1.54) is 32.1 Å². The van der Waals surface area contributed by atoms with Gasteiger partial charge in [-0.05, 0) is 25.7 Å². The summed E-state index contributed by atoms with van der Waals surface area (Å²) in [7, 11) is -3.03. The Morgan fingerprint density at radius 3 is 2.35 bits per heavy atom. The molecular weight excluding hydrogens is 238 g/mol. The fraction of sp³-hybridized carbons (Fsp3) is 1.00. The lowest BCUT2D eigenvalue weighted by atomic mass is 9.84. The summed E-state index contributed by atoms with van der Waals surface area (Å²) in [5, 5.41) is 13.1. The second-order valence-corrected chi connectivity index (χ2v) is 7.76. The molecule has 2 unspecified atom stereocenters. The predicted molar refractivity (Wildman–Crippen MR) is 67.6 cm³/mol. The first-order chi connectivity index (χ1) is 7.98. The highest BCUT2D eigenvalue weighted by molar-refractivity contribution is 7.91. The Hall–Kier alpha value is -0.130. The Balaban J connectivity index is 1.88. The molecule has 2 fully saturated rings. The largest absolute Gasteiger partial charge is 0.390 e. The predicted octanol–water partition coefficient (Wildman–Crippen LogP) is 0.703. The number of aliphatic hydroxyl groups excluding tert-OH is 1. The topological polar surface area (TPSA) is 66.4 Å². The van der Waals surface area contributed by atoms with Crippen LogP contribution in [0.4, 0.5) is 0 Å². The van der Waals surface area contributed by atoms with Crippen LogP contribution in [-0.2, 0) is 9.84 Å². The summed E-state index contributed by atoms with van der Waals surface area (Å²) >= 11 is 0. The van der Waals surface area contributed by atoms with Gasteiger partial charge in [-0.2, -0.15) is 0 Å². The second-order valence-electron chi connectivity index (χ2n) is 5.60. The molecule has 0 aromatic rings. The van der Waals surface area contributed by atoms with Crippen LogP contribution in [0, 0.1) is 5.92 Å². The maximum Gasteiger partial charge on any atom is 0.154 e. The number of hydrogen-bond donors (Lipinski definition) is 2. The third-order valence-electron chi connectivity index (χ3n) is 4.16. The molecule has 100 valence electrons. The molecular formula is C12H23NO3S. The molecule has 1 aliphatic heterocycles. The molecule has 2 N–H and O–H groups in total. The van der Waals surface area contributed by atoms with Crippen molar-refractivity contribution in [2.75, 3.05) is 11.5 Å². The van der Waals surface area contributed by atoms with Crippen LogP contribution in [0.25, 0.3) is 0 Å². The van der Waals surface area contributed by atoms with E-state index in [0.717, 1.165) is 0 Å². The van der Waals surface area contributed by atoms with Crippen LogP contribution >= 0.6 is 0 Å². The van der Waals surface area contributed by atoms with Crippen molar-refractivity contribution in [3.63, 3.8) is 0 Å². The van der Waals surface area contributed by atoms with Crippen LogP contribution in [0.1, 0.15) is 39.0 Å². The van der Waals surface area contributed by atoms with Crippen molar-refractivity contribution in [1.29, 1.82) is 0 Å². The zero-order valence-corrected chi connectivity index (χ0v) is 11.2. The van der Waals surface area contributed by atoms with Gasteiger partial charge in [0.15, 0.2) is 9.84 Å². The van der Waals surface area contributed by atoms with E-state index in [2.05, 4.69) is 12.2 Å². The number of hydrogen-bond acceptors (Lipinski definition) is 4. The smallest absolute Gasteiger partial charge is 0.154 e. The monoisotopic (exact) mass is 261 g/mol. The van der Waals surface area contributed by atoms with Gasteiger partial charge < -0.3 is 10.4 Å². The van der Waals surface area contributed by atoms with Gasteiger partial charge in [0, 0.05) is 12.1 Å². The number of aliphatic hydroxyl groups is 1. The van der Waals surface area contributed by atoms with Crippen molar-refractivity contribution in [2.24, 2.45) is 5.92 Å². The average Bonchev–Trinajstić information content (AvgIpc) is 2.53. The highest BCUT2D eigenvalue weighted by atomic mass is 32.2. The first kappa shape index (κ1) is 13.3. The van der Waals surface area contributed by atoms with E-state index in [1.54, 1.807) is 0 Å². The highest BCUT2D eigenvalue weighted by Crippen LogP contribution is 2.27. The van der Waals surface area contributed by atoms with Gasteiger partial charge in [-0.15, -0.1) is 0 Å². The molecule has 17 heavy (non-hydrogen) atoms. The quantitative estimate of drug-likeness (QED) is 0.785. The van der Waals surface area contributed by atoms with Gasteiger partial charge in [-0.1, -0.05) is 19.3 Å². The van der Waals surface area contributed by atoms with E-state index in [0.29, 0.717) is 12.0 Å². The third kappa shape index (κ3) is 3.42. The minimum absolute atomic E-state index is 0.0813. The van der Waals surface area contributed by atoms with Crippen molar-refractivity contribution in [2.45, 2.75) is 57.2 Å². The average molecular weight is 261 g/mol. The maximum atomic E-state index is 11.4. The SMILES string of the molecule is C[C@H](NC1CS(=O)(=O)CC1O)C1CCCCC1. The van der Waals surface area contributed by atoms with Crippen LogP contribution in [0.5, 0.6) is 0 Å². The molecule has 4 nitrogen and oxygen atoms in total. The van der Waals surface area contributed by atoms with Crippen molar-refractivity contribution < 1.29 is 13.5 Å². The molecule has 2 rings (SSSR count). The van der Waals surface area contributed by atoms with Crippen LogP contribution in [0.15, 0.2) is 0 Å². The molecule has 1 heterocycles.